The first kappa shape index (κ1) is 13.1. The van der Waals surface area contributed by atoms with Crippen LogP contribution >= 0.6 is 0 Å². The van der Waals surface area contributed by atoms with Crippen LogP contribution in [0.2, 0.25) is 0 Å². The molecular formula is C13H21N3O2. The van der Waals surface area contributed by atoms with Gasteiger partial charge in [-0.2, -0.15) is 5.10 Å². The number of carboxylic acids is 1. The summed E-state index contributed by atoms with van der Waals surface area (Å²) in [7, 11) is 0. The van der Waals surface area contributed by atoms with Gasteiger partial charge in [0.15, 0.2) is 0 Å². The van der Waals surface area contributed by atoms with Gasteiger partial charge in [0.2, 0.25) is 0 Å². The van der Waals surface area contributed by atoms with E-state index in [0.29, 0.717) is 5.92 Å². The molecule has 5 heteroatoms. The minimum Gasteiger partial charge on any atom is -0.480 e. The minimum absolute atomic E-state index is 0.371. The number of hydrogen-bond donors (Lipinski definition) is 1. The third-order valence-corrected chi connectivity index (χ3v) is 3.88. The quantitative estimate of drug-likeness (QED) is 0.882. The molecule has 0 amide bonds. The summed E-state index contributed by atoms with van der Waals surface area (Å²) in [6.45, 7) is 6.45. The lowest BCUT2D eigenvalue weighted by molar-refractivity contribution is -0.143. The Balaban J connectivity index is 1.92. The number of aryl methyl sites for hydroxylation is 1. The zero-order valence-electron chi connectivity index (χ0n) is 11.0. The van der Waals surface area contributed by atoms with Crippen LogP contribution in [0.15, 0.2) is 12.4 Å². The van der Waals surface area contributed by atoms with Crippen molar-refractivity contribution in [1.29, 1.82) is 0 Å². The van der Waals surface area contributed by atoms with Gasteiger partial charge in [-0.3, -0.25) is 14.4 Å². The van der Waals surface area contributed by atoms with Crippen LogP contribution in [0.4, 0.5) is 0 Å². The SMILES string of the molecule is CCn1cc(C2CCN(C(C)C(=O)O)CC2)cn1. The summed E-state index contributed by atoms with van der Waals surface area (Å²) in [6, 6.07) is -0.371. The first-order valence-corrected chi connectivity index (χ1v) is 6.61. The van der Waals surface area contributed by atoms with Gasteiger partial charge >= 0.3 is 5.97 Å². The van der Waals surface area contributed by atoms with Gasteiger partial charge in [0, 0.05) is 12.7 Å². The number of aromatic nitrogens is 2. The highest BCUT2D eigenvalue weighted by atomic mass is 16.4. The maximum absolute atomic E-state index is 10.9. The van der Waals surface area contributed by atoms with Gasteiger partial charge in [0.05, 0.1) is 6.20 Å². The average molecular weight is 251 g/mol. The molecule has 1 aliphatic rings. The Morgan fingerprint density at radius 2 is 2.22 bits per heavy atom. The normalized spacial score (nSPS) is 19.9. The largest absolute Gasteiger partial charge is 0.480 e. The Kier molecular flexibility index (Phi) is 4.01. The van der Waals surface area contributed by atoms with Crippen LogP contribution in [0.5, 0.6) is 0 Å². The second-order valence-corrected chi connectivity index (χ2v) is 4.95. The number of likely N-dealkylation sites (tertiary alicyclic amines) is 1. The number of hydrogen-bond acceptors (Lipinski definition) is 3. The van der Waals surface area contributed by atoms with Gasteiger partial charge in [0.1, 0.15) is 6.04 Å². The molecule has 2 rings (SSSR count). The summed E-state index contributed by atoms with van der Waals surface area (Å²) >= 11 is 0. The summed E-state index contributed by atoms with van der Waals surface area (Å²) in [5.41, 5.74) is 1.29. The summed E-state index contributed by atoms with van der Waals surface area (Å²) < 4.78 is 1.95. The molecule has 1 atom stereocenters. The van der Waals surface area contributed by atoms with Crippen molar-refractivity contribution in [2.24, 2.45) is 0 Å². The number of nitrogens with zero attached hydrogens (tertiary/aromatic N) is 3. The topological polar surface area (TPSA) is 58.4 Å². The lowest BCUT2D eigenvalue weighted by atomic mass is 9.91. The van der Waals surface area contributed by atoms with E-state index in [1.807, 2.05) is 15.8 Å². The maximum atomic E-state index is 10.9. The molecule has 0 bridgehead atoms. The smallest absolute Gasteiger partial charge is 0.320 e. The molecule has 0 aliphatic carbocycles. The van der Waals surface area contributed by atoms with E-state index in [1.54, 1.807) is 6.92 Å². The lowest BCUT2D eigenvalue weighted by Crippen LogP contribution is -2.43. The van der Waals surface area contributed by atoms with Gasteiger partial charge < -0.3 is 5.11 Å². The highest BCUT2D eigenvalue weighted by molar-refractivity contribution is 5.72. The molecule has 0 saturated carbocycles. The third kappa shape index (κ3) is 2.72. The van der Waals surface area contributed by atoms with Crippen molar-refractivity contribution in [3.63, 3.8) is 0 Å². The third-order valence-electron chi connectivity index (χ3n) is 3.88. The molecule has 0 radical (unpaired) electrons. The first-order chi connectivity index (χ1) is 8.61. The van der Waals surface area contributed by atoms with E-state index in [2.05, 4.69) is 18.2 Å². The molecule has 100 valence electrons. The van der Waals surface area contributed by atoms with Crippen molar-refractivity contribution in [1.82, 2.24) is 14.7 Å². The number of piperidine rings is 1. The Hall–Kier alpha value is -1.36. The highest BCUT2D eigenvalue weighted by Crippen LogP contribution is 2.28. The van der Waals surface area contributed by atoms with Crippen molar-refractivity contribution >= 4 is 5.97 Å². The Morgan fingerprint density at radius 3 is 2.72 bits per heavy atom. The molecule has 0 aromatic carbocycles. The molecule has 1 saturated heterocycles. The van der Waals surface area contributed by atoms with Crippen molar-refractivity contribution in [2.45, 2.75) is 45.2 Å². The van der Waals surface area contributed by atoms with E-state index in [9.17, 15) is 4.79 Å². The first-order valence-electron chi connectivity index (χ1n) is 6.61. The lowest BCUT2D eigenvalue weighted by Gasteiger charge is -2.33. The van der Waals surface area contributed by atoms with Crippen LogP contribution in [0.3, 0.4) is 0 Å². The zero-order chi connectivity index (χ0) is 13.1. The van der Waals surface area contributed by atoms with E-state index in [0.717, 1.165) is 32.5 Å². The molecule has 1 N–H and O–H groups in total. The summed E-state index contributed by atoms with van der Waals surface area (Å²) in [6.07, 6.45) is 6.10. The maximum Gasteiger partial charge on any atom is 0.320 e. The molecular weight excluding hydrogens is 230 g/mol. The molecule has 1 unspecified atom stereocenters. The van der Waals surface area contributed by atoms with Crippen LogP contribution in [0.1, 0.15) is 38.2 Å². The van der Waals surface area contributed by atoms with E-state index in [4.69, 9.17) is 5.11 Å². The van der Waals surface area contributed by atoms with Crippen LogP contribution in [0.25, 0.3) is 0 Å². The fraction of sp³-hybridized carbons (Fsp3) is 0.692. The van der Waals surface area contributed by atoms with E-state index >= 15 is 0 Å². The second-order valence-electron chi connectivity index (χ2n) is 4.95. The Labute approximate surface area is 107 Å². The van der Waals surface area contributed by atoms with Gasteiger partial charge in [-0.05, 0) is 51.3 Å². The fourth-order valence-electron chi connectivity index (χ4n) is 2.54. The molecule has 0 spiro atoms. The second kappa shape index (κ2) is 5.52. The number of carbonyl (C=O) groups is 1. The van der Waals surface area contributed by atoms with E-state index in [-0.39, 0.29) is 6.04 Å². The molecule has 1 aliphatic heterocycles. The molecule has 1 fully saturated rings. The van der Waals surface area contributed by atoms with Gasteiger partial charge in [-0.1, -0.05) is 0 Å². The van der Waals surface area contributed by atoms with Crippen molar-refractivity contribution in [3.05, 3.63) is 18.0 Å². The van der Waals surface area contributed by atoms with Crippen molar-refractivity contribution < 1.29 is 9.90 Å². The molecule has 1 aromatic heterocycles. The van der Waals surface area contributed by atoms with Crippen LogP contribution in [-0.4, -0.2) is 44.9 Å². The molecule has 5 nitrogen and oxygen atoms in total. The average Bonchev–Trinajstić information content (AvgIpc) is 2.86. The highest BCUT2D eigenvalue weighted by Gasteiger charge is 2.27. The summed E-state index contributed by atoms with van der Waals surface area (Å²) in [4.78, 5) is 13.0. The summed E-state index contributed by atoms with van der Waals surface area (Å²) in [5.74, 6) is -0.199. The zero-order valence-corrected chi connectivity index (χ0v) is 11.0. The monoisotopic (exact) mass is 251 g/mol. The van der Waals surface area contributed by atoms with Crippen molar-refractivity contribution in [2.75, 3.05) is 13.1 Å². The molecule has 2 heterocycles. The van der Waals surface area contributed by atoms with Gasteiger partial charge in [0.25, 0.3) is 0 Å². The molecule has 18 heavy (non-hydrogen) atoms. The van der Waals surface area contributed by atoms with Gasteiger partial charge in [-0.15, -0.1) is 0 Å². The minimum atomic E-state index is -0.729. The fourth-order valence-corrected chi connectivity index (χ4v) is 2.54. The Bertz CT molecular complexity index is 408. The number of rotatable bonds is 4. The van der Waals surface area contributed by atoms with Crippen LogP contribution in [-0.2, 0) is 11.3 Å². The van der Waals surface area contributed by atoms with E-state index in [1.165, 1.54) is 5.56 Å². The van der Waals surface area contributed by atoms with Gasteiger partial charge in [-0.25, -0.2) is 0 Å². The predicted molar refractivity (Wildman–Crippen MR) is 68.5 cm³/mol. The standard InChI is InChI=1S/C13H21N3O2/c1-3-16-9-12(8-14-16)11-4-6-15(7-5-11)10(2)13(17)18/h8-11H,3-7H2,1-2H3,(H,17,18). The van der Waals surface area contributed by atoms with Crippen LogP contribution in [0, 0.1) is 0 Å². The molecule has 1 aromatic rings. The Morgan fingerprint density at radius 1 is 1.56 bits per heavy atom. The summed E-state index contributed by atoms with van der Waals surface area (Å²) in [5, 5.41) is 13.3. The van der Waals surface area contributed by atoms with E-state index < -0.39 is 5.97 Å². The number of aliphatic carboxylic acids is 1. The van der Waals surface area contributed by atoms with Crippen LogP contribution < -0.4 is 0 Å². The predicted octanol–water partition coefficient (Wildman–Crippen LogP) is 1.56. The van der Waals surface area contributed by atoms with Crippen molar-refractivity contribution in [3.8, 4) is 0 Å². The number of carboxylic acid groups (broad SMARTS) is 1.